The van der Waals surface area contributed by atoms with Crippen molar-refractivity contribution in [3.8, 4) is 0 Å². The molecule has 22 heavy (non-hydrogen) atoms. The average Bonchev–Trinajstić information content (AvgIpc) is 3.13. The predicted molar refractivity (Wildman–Crippen MR) is 80.7 cm³/mol. The number of amides is 1. The van der Waals surface area contributed by atoms with Gasteiger partial charge >= 0.3 is 0 Å². The number of nitrogens with zero attached hydrogens (tertiary/aromatic N) is 3. The Morgan fingerprint density at radius 2 is 2.41 bits per heavy atom. The molecule has 1 N–H and O–H groups in total. The zero-order valence-corrected chi connectivity index (χ0v) is 13.0. The summed E-state index contributed by atoms with van der Waals surface area (Å²) < 4.78 is 11.6. The van der Waals surface area contributed by atoms with Crippen LogP contribution in [-0.4, -0.2) is 61.2 Å². The largest absolute Gasteiger partial charge is 0.370 e. The summed E-state index contributed by atoms with van der Waals surface area (Å²) in [5.74, 6) is 0.782. The Labute approximate surface area is 130 Å². The van der Waals surface area contributed by atoms with Crippen LogP contribution in [-0.2, 0) is 14.3 Å². The quantitative estimate of drug-likeness (QED) is 0.861. The minimum Gasteiger partial charge on any atom is -0.370 e. The Morgan fingerprint density at radius 1 is 1.55 bits per heavy atom. The van der Waals surface area contributed by atoms with Gasteiger partial charge in [-0.15, -0.1) is 5.10 Å². The van der Waals surface area contributed by atoms with E-state index >= 15 is 0 Å². The zero-order chi connectivity index (χ0) is 15.6. The van der Waals surface area contributed by atoms with Crippen LogP contribution in [0.5, 0.6) is 0 Å². The molecule has 2 aliphatic rings. The number of anilines is 1. The normalized spacial score (nSPS) is 27.5. The molecule has 1 aromatic heterocycles. The summed E-state index contributed by atoms with van der Waals surface area (Å²) in [6.07, 6.45) is 1.75. The molecule has 2 atom stereocenters. The Kier molecular flexibility index (Phi) is 4.26. The number of hydrogen-bond donors (Lipinski definition) is 1. The number of carbonyl (C=O) groups is 1. The van der Waals surface area contributed by atoms with Crippen LogP contribution in [0.25, 0.3) is 0 Å². The molecule has 7 heteroatoms. The molecule has 2 fully saturated rings. The van der Waals surface area contributed by atoms with E-state index in [1.807, 2.05) is 19.1 Å². The lowest BCUT2D eigenvalue weighted by atomic mass is 9.98. The standard InChI is InChI=1S/C15H22N4O3/c1-11-3-4-13(18-17-11)19-6-5-15(10-19)7-12(8-22-15)21-9-14(20)16-2/h3-4,12H,5-10H2,1-2H3,(H,16,20). The van der Waals surface area contributed by atoms with Crippen molar-refractivity contribution in [2.45, 2.75) is 31.5 Å². The third-order valence-electron chi connectivity index (χ3n) is 4.33. The predicted octanol–water partition coefficient (Wildman–Crippen LogP) is 0.285. The van der Waals surface area contributed by atoms with Crippen LogP contribution in [0, 0.1) is 6.92 Å². The Morgan fingerprint density at radius 3 is 3.14 bits per heavy atom. The van der Waals surface area contributed by atoms with Gasteiger partial charge in [-0.3, -0.25) is 4.79 Å². The van der Waals surface area contributed by atoms with Gasteiger partial charge in [-0.25, -0.2) is 0 Å². The molecule has 0 saturated carbocycles. The molecule has 1 aromatic rings. The summed E-state index contributed by atoms with van der Waals surface area (Å²) in [7, 11) is 1.61. The molecule has 2 saturated heterocycles. The number of carbonyl (C=O) groups excluding carboxylic acids is 1. The topological polar surface area (TPSA) is 76.6 Å². The molecular formula is C15H22N4O3. The van der Waals surface area contributed by atoms with Crippen LogP contribution in [0.3, 0.4) is 0 Å². The minimum atomic E-state index is -0.181. The first-order chi connectivity index (χ1) is 10.6. The van der Waals surface area contributed by atoms with Crippen LogP contribution in [0.4, 0.5) is 5.82 Å². The lowest BCUT2D eigenvalue weighted by molar-refractivity contribution is -0.127. The van der Waals surface area contributed by atoms with Crippen molar-refractivity contribution in [3.63, 3.8) is 0 Å². The van der Waals surface area contributed by atoms with E-state index in [4.69, 9.17) is 9.47 Å². The van der Waals surface area contributed by atoms with Crippen molar-refractivity contribution >= 4 is 11.7 Å². The van der Waals surface area contributed by atoms with Gasteiger partial charge in [0, 0.05) is 26.6 Å². The van der Waals surface area contributed by atoms with Crippen molar-refractivity contribution in [1.29, 1.82) is 0 Å². The third-order valence-corrected chi connectivity index (χ3v) is 4.33. The Balaban J connectivity index is 1.56. The molecule has 0 aliphatic carbocycles. The first-order valence-electron chi connectivity index (χ1n) is 7.62. The summed E-state index contributed by atoms with van der Waals surface area (Å²) in [6.45, 7) is 4.26. The maximum Gasteiger partial charge on any atom is 0.245 e. The Bertz CT molecular complexity index is 536. The number of ether oxygens (including phenoxy) is 2. The fourth-order valence-corrected chi connectivity index (χ4v) is 3.06. The van der Waals surface area contributed by atoms with Crippen molar-refractivity contribution in [2.75, 3.05) is 38.3 Å². The van der Waals surface area contributed by atoms with Gasteiger partial charge in [-0.05, 0) is 25.5 Å². The Hall–Kier alpha value is -1.73. The van der Waals surface area contributed by atoms with Crippen LogP contribution in [0.2, 0.25) is 0 Å². The van der Waals surface area contributed by atoms with E-state index in [2.05, 4.69) is 20.4 Å². The fourth-order valence-electron chi connectivity index (χ4n) is 3.06. The van der Waals surface area contributed by atoms with Crippen molar-refractivity contribution < 1.29 is 14.3 Å². The van der Waals surface area contributed by atoms with Gasteiger partial charge in [0.1, 0.15) is 6.61 Å². The van der Waals surface area contributed by atoms with Gasteiger partial charge in [0.25, 0.3) is 0 Å². The lowest BCUT2D eigenvalue weighted by Gasteiger charge is -2.23. The van der Waals surface area contributed by atoms with Gasteiger partial charge in [0.2, 0.25) is 5.91 Å². The van der Waals surface area contributed by atoms with Gasteiger partial charge in [-0.2, -0.15) is 5.10 Å². The first-order valence-corrected chi connectivity index (χ1v) is 7.62. The zero-order valence-electron chi connectivity index (χ0n) is 13.0. The van der Waals surface area contributed by atoms with Crippen LogP contribution >= 0.6 is 0 Å². The smallest absolute Gasteiger partial charge is 0.245 e. The number of rotatable bonds is 4. The van der Waals surface area contributed by atoms with E-state index in [9.17, 15) is 4.79 Å². The molecule has 3 rings (SSSR count). The van der Waals surface area contributed by atoms with E-state index in [1.54, 1.807) is 7.05 Å². The summed E-state index contributed by atoms with van der Waals surface area (Å²) in [4.78, 5) is 13.4. The molecule has 2 aliphatic heterocycles. The van der Waals surface area contributed by atoms with Crippen molar-refractivity contribution in [3.05, 3.63) is 17.8 Å². The molecule has 2 unspecified atom stereocenters. The summed E-state index contributed by atoms with van der Waals surface area (Å²) >= 11 is 0. The second kappa shape index (κ2) is 6.18. The van der Waals surface area contributed by atoms with Gasteiger partial charge in [0.15, 0.2) is 5.82 Å². The molecule has 120 valence electrons. The molecule has 3 heterocycles. The molecule has 0 aromatic carbocycles. The molecule has 1 spiro atoms. The van der Waals surface area contributed by atoms with Crippen LogP contribution in [0.1, 0.15) is 18.5 Å². The highest BCUT2D eigenvalue weighted by atomic mass is 16.6. The molecule has 0 bridgehead atoms. The van der Waals surface area contributed by atoms with Crippen molar-refractivity contribution in [1.82, 2.24) is 15.5 Å². The van der Waals surface area contributed by atoms with E-state index in [-0.39, 0.29) is 24.2 Å². The second-order valence-electron chi connectivity index (χ2n) is 6.01. The maximum atomic E-state index is 11.2. The highest BCUT2D eigenvalue weighted by Gasteiger charge is 2.46. The van der Waals surface area contributed by atoms with Crippen LogP contribution < -0.4 is 10.2 Å². The first kappa shape index (κ1) is 15.2. The molecule has 1 amide bonds. The van der Waals surface area contributed by atoms with Crippen molar-refractivity contribution in [2.24, 2.45) is 0 Å². The third kappa shape index (κ3) is 3.20. The summed E-state index contributed by atoms with van der Waals surface area (Å²) in [6, 6.07) is 3.97. The van der Waals surface area contributed by atoms with E-state index in [0.29, 0.717) is 6.61 Å². The fraction of sp³-hybridized carbons (Fsp3) is 0.667. The van der Waals surface area contributed by atoms with Crippen LogP contribution in [0.15, 0.2) is 12.1 Å². The highest BCUT2D eigenvalue weighted by Crippen LogP contribution is 2.37. The van der Waals surface area contributed by atoms with Gasteiger partial charge in [-0.1, -0.05) is 0 Å². The maximum absolute atomic E-state index is 11.2. The average molecular weight is 306 g/mol. The number of likely N-dealkylation sites (N-methyl/N-ethyl adjacent to an activating group) is 1. The summed E-state index contributed by atoms with van der Waals surface area (Å²) in [5.41, 5.74) is 0.734. The summed E-state index contributed by atoms with van der Waals surface area (Å²) in [5, 5.41) is 10.9. The second-order valence-corrected chi connectivity index (χ2v) is 6.01. The highest BCUT2D eigenvalue weighted by molar-refractivity contribution is 5.76. The number of nitrogens with one attached hydrogen (secondary N) is 1. The number of aromatic nitrogens is 2. The molecular weight excluding hydrogens is 284 g/mol. The number of hydrogen-bond acceptors (Lipinski definition) is 6. The minimum absolute atomic E-state index is 0.0126. The van der Waals surface area contributed by atoms with Gasteiger partial charge < -0.3 is 19.7 Å². The monoisotopic (exact) mass is 306 g/mol. The van der Waals surface area contributed by atoms with Gasteiger partial charge in [0.05, 0.1) is 24.0 Å². The number of aryl methyl sites for hydroxylation is 1. The lowest BCUT2D eigenvalue weighted by Crippen LogP contribution is -2.34. The van der Waals surface area contributed by atoms with E-state index < -0.39 is 0 Å². The molecule has 7 nitrogen and oxygen atoms in total. The van der Waals surface area contributed by atoms with E-state index in [0.717, 1.165) is 37.4 Å². The molecule has 0 radical (unpaired) electrons. The SMILES string of the molecule is CNC(=O)COC1COC2(CCN(c3ccc(C)nn3)C2)C1. The van der Waals surface area contributed by atoms with E-state index in [1.165, 1.54) is 0 Å².